The zero-order valence-electron chi connectivity index (χ0n) is 11.4. The number of aliphatic hydroxyl groups is 1. The molecule has 2 N–H and O–H groups in total. The standard InChI is InChI=1S/C14H20ClNO3/c1-14(2,3)19-13(18)16-12(7-8-17)10-5-4-6-11(15)9-10/h4-6,9,12,17H,7-8H2,1-3H3,(H,16,18)/t12-/m1/s1. The molecule has 1 aromatic carbocycles. The minimum atomic E-state index is -0.553. The fraction of sp³-hybridized carbons (Fsp3) is 0.500. The zero-order valence-corrected chi connectivity index (χ0v) is 12.2. The van der Waals surface area contributed by atoms with Crippen LogP contribution >= 0.6 is 11.6 Å². The molecule has 5 heteroatoms. The summed E-state index contributed by atoms with van der Waals surface area (Å²) in [5.74, 6) is 0. The molecule has 0 heterocycles. The number of carbonyl (C=O) groups is 1. The predicted molar refractivity (Wildman–Crippen MR) is 75.3 cm³/mol. The Bertz CT molecular complexity index is 429. The Hall–Kier alpha value is -1.26. The van der Waals surface area contributed by atoms with E-state index in [0.29, 0.717) is 11.4 Å². The smallest absolute Gasteiger partial charge is 0.408 e. The molecule has 4 nitrogen and oxygen atoms in total. The van der Waals surface area contributed by atoms with Gasteiger partial charge in [-0.1, -0.05) is 23.7 Å². The van der Waals surface area contributed by atoms with Gasteiger partial charge in [0.1, 0.15) is 5.60 Å². The number of benzene rings is 1. The van der Waals surface area contributed by atoms with Gasteiger partial charge < -0.3 is 15.2 Å². The van der Waals surface area contributed by atoms with E-state index in [1.165, 1.54) is 0 Å². The van der Waals surface area contributed by atoms with Gasteiger partial charge >= 0.3 is 6.09 Å². The number of ether oxygens (including phenoxy) is 1. The van der Waals surface area contributed by atoms with E-state index in [1.54, 1.807) is 39.0 Å². The molecule has 1 aromatic rings. The lowest BCUT2D eigenvalue weighted by atomic mass is 10.0. The summed E-state index contributed by atoms with van der Waals surface area (Å²) >= 11 is 5.93. The molecule has 0 spiro atoms. The number of alkyl carbamates (subject to hydrolysis) is 1. The van der Waals surface area contributed by atoms with Crippen LogP contribution in [0.1, 0.15) is 38.8 Å². The molecule has 19 heavy (non-hydrogen) atoms. The molecule has 1 amide bonds. The van der Waals surface area contributed by atoms with Crippen molar-refractivity contribution >= 4 is 17.7 Å². The Kier molecular flexibility index (Phi) is 5.63. The van der Waals surface area contributed by atoms with Crippen LogP contribution in [0.5, 0.6) is 0 Å². The Morgan fingerprint density at radius 1 is 1.47 bits per heavy atom. The van der Waals surface area contributed by atoms with Crippen molar-refractivity contribution in [1.29, 1.82) is 0 Å². The Balaban J connectivity index is 2.76. The maximum Gasteiger partial charge on any atom is 0.408 e. The van der Waals surface area contributed by atoms with Crippen molar-refractivity contribution in [3.63, 3.8) is 0 Å². The normalized spacial score (nSPS) is 12.9. The third-order valence-electron chi connectivity index (χ3n) is 2.36. The third-order valence-corrected chi connectivity index (χ3v) is 2.59. The van der Waals surface area contributed by atoms with E-state index in [1.807, 2.05) is 6.07 Å². The fourth-order valence-corrected chi connectivity index (χ4v) is 1.82. The summed E-state index contributed by atoms with van der Waals surface area (Å²) < 4.78 is 5.20. The molecule has 0 aliphatic heterocycles. The summed E-state index contributed by atoms with van der Waals surface area (Å²) in [7, 11) is 0. The highest BCUT2D eigenvalue weighted by atomic mass is 35.5. The molecule has 0 fully saturated rings. The van der Waals surface area contributed by atoms with Crippen molar-refractivity contribution in [1.82, 2.24) is 5.32 Å². The van der Waals surface area contributed by atoms with Gasteiger partial charge in [0.25, 0.3) is 0 Å². The molecule has 1 rings (SSSR count). The summed E-state index contributed by atoms with van der Waals surface area (Å²) in [5.41, 5.74) is 0.287. The number of halogens is 1. The Morgan fingerprint density at radius 3 is 2.68 bits per heavy atom. The number of nitrogens with one attached hydrogen (secondary N) is 1. The number of hydrogen-bond acceptors (Lipinski definition) is 3. The van der Waals surface area contributed by atoms with E-state index in [0.717, 1.165) is 5.56 Å². The highest BCUT2D eigenvalue weighted by Crippen LogP contribution is 2.21. The van der Waals surface area contributed by atoms with Crippen molar-refractivity contribution in [2.45, 2.75) is 38.8 Å². The van der Waals surface area contributed by atoms with Crippen molar-refractivity contribution in [3.05, 3.63) is 34.9 Å². The number of aliphatic hydroxyl groups excluding tert-OH is 1. The van der Waals surface area contributed by atoms with Crippen molar-refractivity contribution < 1.29 is 14.6 Å². The number of amides is 1. The number of rotatable bonds is 4. The summed E-state index contributed by atoms with van der Waals surface area (Å²) in [6.07, 6.45) is -0.106. The predicted octanol–water partition coefficient (Wildman–Crippen LogP) is 3.29. The van der Waals surface area contributed by atoms with Crippen LogP contribution in [-0.4, -0.2) is 23.4 Å². The summed E-state index contributed by atoms with van der Waals surface area (Å²) in [5, 5.41) is 12.4. The van der Waals surface area contributed by atoms with Gasteiger partial charge in [0.2, 0.25) is 0 Å². The summed E-state index contributed by atoms with van der Waals surface area (Å²) in [4.78, 5) is 11.8. The Labute approximate surface area is 118 Å². The van der Waals surface area contributed by atoms with Gasteiger partial charge in [-0.25, -0.2) is 4.79 Å². The lowest BCUT2D eigenvalue weighted by Gasteiger charge is -2.23. The van der Waals surface area contributed by atoms with Gasteiger partial charge in [-0.05, 0) is 44.9 Å². The fourth-order valence-electron chi connectivity index (χ4n) is 1.62. The van der Waals surface area contributed by atoms with Gasteiger partial charge in [-0.3, -0.25) is 0 Å². The van der Waals surface area contributed by atoms with Crippen LogP contribution in [0, 0.1) is 0 Å². The molecular weight excluding hydrogens is 266 g/mol. The van der Waals surface area contributed by atoms with Gasteiger partial charge in [0.15, 0.2) is 0 Å². The number of hydrogen-bond donors (Lipinski definition) is 2. The molecule has 106 valence electrons. The van der Waals surface area contributed by atoms with E-state index in [-0.39, 0.29) is 12.6 Å². The molecular formula is C14H20ClNO3. The van der Waals surface area contributed by atoms with Crippen molar-refractivity contribution in [3.8, 4) is 0 Å². The number of carbonyl (C=O) groups excluding carboxylic acids is 1. The van der Waals surface area contributed by atoms with E-state index < -0.39 is 11.7 Å². The molecule has 1 atom stereocenters. The van der Waals surface area contributed by atoms with Crippen LogP contribution in [0.2, 0.25) is 5.02 Å². The van der Waals surface area contributed by atoms with Gasteiger partial charge in [0.05, 0.1) is 6.04 Å². The molecule has 0 saturated heterocycles. The molecule has 0 aliphatic carbocycles. The molecule has 0 saturated carbocycles. The van der Waals surface area contributed by atoms with Crippen LogP contribution in [0.25, 0.3) is 0 Å². The molecule has 0 aliphatic rings. The maximum atomic E-state index is 11.8. The first kappa shape index (κ1) is 15.8. The van der Waals surface area contributed by atoms with Crippen LogP contribution in [0.15, 0.2) is 24.3 Å². The average Bonchev–Trinajstić information content (AvgIpc) is 2.26. The minimum Gasteiger partial charge on any atom is -0.444 e. The summed E-state index contributed by atoms with van der Waals surface area (Å²) in [6, 6.07) is 6.86. The van der Waals surface area contributed by atoms with Gasteiger partial charge in [-0.2, -0.15) is 0 Å². The first-order valence-electron chi connectivity index (χ1n) is 6.17. The first-order valence-corrected chi connectivity index (χ1v) is 6.55. The molecule has 0 aromatic heterocycles. The Morgan fingerprint density at radius 2 is 2.16 bits per heavy atom. The quantitative estimate of drug-likeness (QED) is 0.892. The van der Waals surface area contributed by atoms with Crippen LogP contribution < -0.4 is 5.32 Å². The molecule has 0 bridgehead atoms. The second-order valence-corrected chi connectivity index (χ2v) is 5.70. The highest BCUT2D eigenvalue weighted by Gasteiger charge is 2.20. The SMILES string of the molecule is CC(C)(C)OC(=O)N[C@H](CCO)c1cccc(Cl)c1. The third kappa shape index (κ3) is 5.94. The van der Waals surface area contributed by atoms with Crippen LogP contribution in [0.4, 0.5) is 4.79 Å². The van der Waals surface area contributed by atoms with E-state index in [2.05, 4.69) is 5.32 Å². The minimum absolute atomic E-state index is 0.0347. The first-order chi connectivity index (χ1) is 8.81. The highest BCUT2D eigenvalue weighted by molar-refractivity contribution is 6.30. The second-order valence-electron chi connectivity index (χ2n) is 5.27. The maximum absolute atomic E-state index is 11.8. The largest absolute Gasteiger partial charge is 0.444 e. The molecule has 0 radical (unpaired) electrons. The van der Waals surface area contributed by atoms with E-state index in [9.17, 15) is 4.79 Å². The molecule has 0 unspecified atom stereocenters. The van der Waals surface area contributed by atoms with Gasteiger partial charge in [-0.15, -0.1) is 0 Å². The van der Waals surface area contributed by atoms with E-state index >= 15 is 0 Å². The van der Waals surface area contributed by atoms with Gasteiger partial charge in [0, 0.05) is 11.6 Å². The topological polar surface area (TPSA) is 58.6 Å². The lowest BCUT2D eigenvalue weighted by Crippen LogP contribution is -2.35. The lowest BCUT2D eigenvalue weighted by molar-refractivity contribution is 0.0496. The van der Waals surface area contributed by atoms with Crippen LogP contribution in [0.3, 0.4) is 0 Å². The summed E-state index contributed by atoms with van der Waals surface area (Å²) in [6.45, 7) is 5.36. The van der Waals surface area contributed by atoms with E-state index in [4.69, 9.17) is 21.4 Å². The van der Waals surface area contributed by atoms with Crippen molar-refractivity contribution in [2.75, 3.05) is 6.61 Å². The second kappa shape index (κ2) is 6.78. The average molecular weight is 286 g/mol. The monoisotopic (exact) mass is 285 g/mol. The van der Waals surface area contributed by atoms with Crippen LogP contribution in [-0.2, 0) is 4.74 Å². The van der Waals surface area contributed by atoms with Crippen molar-refractivity contribution in [2.24, 2.45) is 0 Å². The zero-order chi connectivity index (χ0) is 14.5.